The largest absolute Gasteiger partial charge is 0.296 e. The maximum Gasteiger partial charge on any atom is 0.277 e. The Labute approximate surface area is 165 Å². The van der Waals surface area contributed by atoms with E-state index < -0.39 is 27.1 Å². The van der Waals surface area contributed by atoms with E-state index in [1.807, 2.05) is 30.3 Å². The quantitative estimate of drug-likeness (QED) is 0.264. The first kappa shape index (κ1) is 19.4. The SMILES string of the molecule is O=C(Nc1nnc(SCc2ccccc2)s1)c1cc([N+](=O)[O-])cc([N+](=O)[O-])c1. The Morgan fingerprint density at radius 2 is 1.68 bits per heavy atom. The number of carbonyl (C=O) groups excluding carboxylic acids is 1. The van der Waals surface area contributed by atoms with Crippen LogP contribution in [0.3, 0.4) is 0 Å². The number of amides is 1. The molecule has 3 rings (SSSR count). The van der Waals surface area contributed by atoms with Crippen molar-refractivity contribution in [2.75, 3.05) is 5.32 Å². The van der Waals surface area contributed by atoms with E-state index in [2.05, 4.69) is 15.5 Å². The molecule has 1 aromatic heterocycles. The standard InChI is InChI=1S/C16H11N5O5S2/c22-14(11-6-12(20(23)24)8-13(7-11)21(25)26)17-15-18-19-16(28-15)27-9-10-4-2-1-3-5-10/h1-8H,9H2,(H,17,18,22). The van der Waals surface area contributed by atoms with Crippen molar-refractivity contribution in [2.45, 2.75) is 10.1 Å². The smallest absolute Gasteiger partial charge is 0.277 e. The van der Waals surface area contributed by atoms with Gasteiger partial charge in [0.15, 0.2) is 4.34 Å². The van der Waals surface area contributed by atoms with Gasteiger partial charge in [-0.25, -0.2) is 0 Å². The summed E-state index contributed by atoms with van der Waals surface area (Å²) in [4.78, 5) is 32.6. The molecule has 0 unspecified atom stereocenters. The topological polar surface area (TPSA) is 141 Å². The molecule has 0 fully saturated rings. The molecule has 2 aromatic carbocycles. The maximum absolute atomic E-state index is 12.3. The fraction of sp³-hybridized carbons (Fsp3) is 0.0625. The number of nitro benzene ring substituents is 2. The van der Waals surface area contributed by atoms with E-state index in [-0.39, 0.29) is 10.7 Å². The molecule has 0 bridgehead atoms. The highest BCUT2D eigenvalue weighted by Crippen LogP contribution is 2.29. The molecule has 0 aliphatic heterocycles. The van der Waals surface area contributed by atoms with Crippen LogP contribution in [0.5, 0.6) is 0 Å². The second-order valence-electron chi connectivity index (χ2n) is 5.35. The number of aromatic nitrogens is 2. The third-order valence-corrected chi connectivity index (χ3v) is 5.46. The van der Waals surface area contributed by atoms with E-state index in [0.29, 0.717) is 10.1 Å². The van der Waals surface area contributed by atoms with E-state index in [4.69, 9.17) is 0 Å². The Kier molecular flexibility index (Phi) is 5.91. The van der Waals surface area contributed by atoms with Gasteiger partial charge in [0.05, 0.1) is 21.5 Å². The normalized spacial score (nSPS) is 10.4. The van der Waals surface area contributed by atoms with Gasteiger partial charge in [-0.15, -0.1) is 10.2 Å². The lowest BCUT2D eigenvalue weighted by Crippen LogP contribution is -2.12. The number of rotatable bonds is 7. The predicted octanol–water partition coefficient (Wildman–Crippen LogP) is 3.90. The summed E-state index contributed by atoms with van der Waals surface area (Å²) in [6.45, 7) is 0. The van der Waals surface area contributed by atoms with Gasteiger partial charge in [0, 0.05) is 17.9 Å². The maximum atomic E-state index is 12.3. The predicted molar refractivity (Wildman–Crippen MR) is 104 cm³/mol. The van der Waals surface area contributed by atoms with Gasteiger partial charge in [-0.1, -0.05) is 53.4 Å². The van der Waals surface area contributed by atoms with E-state index in [1.54, 1.807) is 0 Å². The molecule has 0 saturated carbocycles. The molecular formula is C16H11N5O5S2. The number of non-ortho nitro benzene ring substituents is 2. The molecule has 1 heterocycles. The fourth-order valence-corrected chi connectivity index (χ4v) is 3.85. The van der Waals surface area contributed by atoms with Crippen molar-refractivity contribution >= 4 is 45.5 Å². The highest BCUT2D eigenvalue weighted by molar-refractivity contribution is 8.00. The fourth-order valence-electron chi connectivity index (χ4n) is 2.14. The van der Waals surface area contributed by atoms with Gasteiger partial charge in [-0.05, 0) is 5.56 Å². The third-order valence-electron chi connectivity index (χ3n) is 3.42. The monoisotopic (exact) mass is 417 g/mol. The van der Waals surface area contributed by atoms with E-state index >= 15 is 0 Å². The van der Waals surface area contributed by atoms with Crippen LogP contribution in [0.25, 0.3) is 0 Å². The summed E-state index contributed by atoms with van der Waals surface area (Å²) >= 11 is 2.58. The Balaban J connectivity index is 1.70. The lowest BCUT2D eigenvalue weighted by molar-refractivity contribution is -0.394. The van der Waals surface area contributed by atoms with Crippen LogP contribution in [0, 0.1) is 20.2 Å². The zero-order valence-corrected chi connectivity index (χ0v) is 15.6. The van der Waals surface area contributed by atoms with Gasteiger partial charge in [-0.3, -0.25) is 30.3 Å². The molecule has 0 aliphatic carbocycles. The second-order valence-corrected chi connectivity index (χ2v) is 7.55. The number of hydrogen-bond acceptors (Lipinski definition) is 9. The molecule has 1 amide bonds. The molecule has 142 valence electrons. The summed E-state index contributed by atoms with van der Waals surface area (Å²) in [5.41, 5.74) is -0.196. The van der Waals surface area contributed by atoms with Crippen LogP contribution in [0.4, 0.5) is 16.5 Å². The number of carbonyl (C=O) groups is 1. The summed E-state index contributed by atoms with van der Waals surface area (Å²) in [7, 11) is 0. The summed E-state index contributed by atoms with van der Waals surface area (Å²) in [6, 6.07) is 12.5. The lowest BCUT2D eigenvalue weighted by atomic mass is 10.1. The summed E-state index contributed by atoms with van der Waals surface area (Å²) in [5.74, 6) is -0.0666. The van der Waals surface area contributed by atoms with E-state index in [0.717, 1.165) is 35.1 Å². The zero-order valence-electron chi connectivity index (χ0n) is 14.0. The molecule has 3 aromatic rings. The Morgan fingerprint density at radius 1 is 1.04 bits per heavy atom. The molecule has 0 aliphatic rings. The number of hydrogen-bond donors (Lipinski definition) is 1. The number of thioether (sulfide) groups is 1. The van der Waals surface area contributed by atoms with Crippen molar-refractivity contribution in [2.24, 2.45) is 0 Å². The van der Waals surface area contributed by atoms with Crippen LogP contribution >= 0.6 is 23.1 Å². The molecule has 0 radical (unpaired) electrons. The Bertz CT molecular complexity index is 1010. The van der Waals surface area contributed by atoms with Crippen molar-refractivity contribution in [1.82, 2.24) is 10.2 Å². The second kappa shape index (κ2) is 8.54. The van der Waals surface area contributed by atoms with Crippen LogP contribution in [0.15, 0.2) is 52.9 Å². The van der Waals surface area contributed by atoms with Gasteiger partial charge in [0.2, 0.25) is 5.13 Å². The summed E-state index contributed by atoms with van der Waals surface area (Å²) in [5, 5.41) is 32.3. The average Bonchev–Trinajstić information content (AvgIpc) is 3.14. The first-order valence-corrected chi connectivity index (χ1v) is 9.48. The highest BCUT2D eigenvalue weighted by atomic mass is 32.2. The van der Waals surface area contributed by atoms with Gasteiger partial charge >= 0.3 is 0 Å². The Morgan fingerprint density at radius 3 is 2.29 bits per heavy atom. The molecular weight excluding hydrogens is 406 g/mol. The number of nitrogens with one attached hydrogen (secondary N) is 1. The molecule has 0 spiro atoms. The minimum atomic E-state index is -0.799. The molecule has 28 heavy (non-hydrogen) atoms. The van der Waals surface area contributed by atoms with Gasteiger partial charge < -0.3 is 0 Å². The van der Waals surface area contributed by atoms with Crippen LogP contribution in [-0.4, -0.2) is 26.0 Å². The van der Waals surface area contributed by atoms with Crippen LogP contribution in [0.2, 0.25) is 0 Å². The summed E-state index contributed by atoms with van der Waals surface area (Å²) in [6.07, 6.45) is 0. The number of anilines is 1. The van der Waals surface area contributed by atoms with Gasteiger partial charge in [-0.2, -0.15) is 0 Å². The third kappa shape index (κ3) is 4.86. The molecule has 1 N–H and O–H groups in total. The van der Waals surface area contributed by atoms with Crippen LogP contribution < -0.4 is 5.32 Å². The number of nitrogens with zero attached hydrogens (tertiary/aromatic N) is 4. The molecule has 0 atom stereocenters. The molecule has 12 heteroatoms. The molecule has 10 nitrogen and oxygen atoms in total. The van der Waals surface area contributed by atoms with Crippen molar-refractivity contribution in [3.63, 3.8) is 0 Å². The van der Waals surface area contributed by atoms with Crippen molar-refractivity contribution in [1.29, 1.82) is 0 Å². The van der Waals surface area contributed by atoms with Gasteiger partial charge in [0.1, 0.15) is 0 Å². The average molecular weight is 417 g/mol. The van der Waals surface area contributed by atoms with Crippen LogP contribution in [-0.2, 0) is 5.75 Å². The van der Waals surface area contributed by atoms with E-state index in [9.17, 15) is 25.0 Å². The van der Waals surface area contributed by atoms with Crippen molar-refractivity contribution < 1.29 is 14.6 Å². The number of nitro groups is 2. The minimum absolute atomic E-state index is 0.190. The minimum Gasteiger partial charge on any atom is -0.296 e. The van der Waals surface area contributed by atoms with Crippen molar-refractivity contribution in [3.05, 3.63) is 79.9 Å². The number of benzene rings is 2. The zero-order chi connectivity index (χ0) is 20.1. The first-order valence-electron chi connectivity index (χ1n) is 7.68. The van der Waals surface area contributed by atoms with Crippen molar-refractivity contribution in [3.8, 4) is 0 Å². The van der Waals surface area contributed by atoms with E-state index in [1.165, 1.54) is 11.8 Å². The first-order chi connectivity index (χ1) is 13.4. The molecule has 0 saturated heterocycles. The van der Waals surface area contributed by atoms with Crippen LogP contribution in [0.1, 0.15) is 15.9 Å². The highest BCUT2D eigenvalue weighted by Gasteiger charge is 2.20. The summed E-state index contributed by atoms with van der Waals surface area (Å²) < 4.78 is 0.629. The van der Waals surface area contributed by atoms with Gasteiger partial charge in [0.25, 0.3) is 17.3 Å². The Hall–Kier alpha value is -3.38. The lowest BCUT2D eigenvalue weighted by Gasteiger charge is -2.01.